The maximum atomic E-state index is 12.3. The van der Waals surface area contributed by atoms with Gasteiger partial charge in [-0.05, 0) is 23.6 Å². The number of furan rings is 1. The van der Waals surface area contributed by atoms with Crippen LogP contribution in [0.15, 0.2) is 65.3 Å². The van der Waals surface area contributed by atoms with Gasteiger partial charge in [0.15, 0.2) is 0 Å². The molecular formula is C19H15NO3S. The molecule has 1 atom stereocenters. The van der Waals surface area contributed by atoms with Crippen LogP contribution in [0, 0.1) is 0 Å². The topological polar surface area (TPSA) is 62.5 Å². The molecule has 1 amide bonds. The highest BCUT2D eigenvalue weighted by atomic mass is 32.1. The molecule has 4 nitrogen and oxygen atoms in total. The third-order valence-corrected chi connectivity index (χ3v) is 5.17. The molecule has 24 heavy (non-hydrogen) atoms. The first-order chi connectivity index (χ1) is 11.7. The van der Waals surface area contributed by atoms with Crippen molar-refractivity contribution in [3.05, 3.63) is 71.3 Å². The fourth-order valence-corrected chi connectivity index (χ4v) is 3.76. The first-order valence-electron chi connectivity index (χ1n) is 7.63. The number of carbonyl (C=O) groups excluding carboxylic acids is 1. The van der Waals surface area contributed by atoms with Gasteiger partial charge < -0.3 is 14.8 Å². The second-order valence-corrected chi connectivity index (χ2v) is 6.67. The predicted octanol–water partition coefficient (Wildman–Crippen LogP) is 4.11. The molecule has 1 unspecified atom stereocenters. The summed E-state index contributed by atoms with van der Waals surface area (Å²) in [5, 5.41) is 15.0. The number of aliphatic hydroxyl groups is 1. The molecule has 0 saturated carbocycles. The zero-order valence-corrected chi connectivity index (χ0v) is 13.5. The van der Waals surface area contributed by atoms with E-state index in [0.717, 1.165) is 20.3 Å². The van der Waals surface area contributed by atoms with E-state index in [2.05, 4.69) is 5.32 Å². The Labute approximate surface area is 142 Å². The fourth-order valence-electron chi connectivity index (χ4n) is 2.71. The van der Waals surface area contributed by atoms with E-state index in [1.807, 2.05) is 54.6 Å². The molecule has 2 N–H and O–H groups in total. The molecule has 5 heteroatoms. The van der Waals surface area contributed by atoms with Crippen LogP contribution in [0.2, 0.25) is 0 Å². The summed E-state index contributed by atoms with van der Waals surface area (Å²) < 4.78 is 6.50. The lowest BCUT2D eigenvalue weighted by Crippen LogP contribution is -2.27. The van der Waals surface area contributed by atoms with Gasteiger partial charge in [0.05, 0.1) is 5.56 Å². The summed E-state index contributed by atoms with van der Waals surface area (Å²) in [4.78, 5) is 13.2. The zero-order chi connectivity index (χ0) is 16.5. The maximum Gasteiger partial charge on any atom is 0.255 e. The Morgan fingerprint density at radius 3 is 2.83 bits per heavy atom. The van der Waals surface area contributed by atoms with Crippen molar-refractivity contribution in [3.8, 4) is 0 Å². The van der Waals surface area contributed by atoms with Crippen LogP contribution in [-0.4, -0.2) is 17.6 Å². The second-order valence-electron chi connectivity index (χ2n) is 5.56. The van der Waals surface area contributed by atoms with Crippen molar-refractivity contribution in [2.75, 3.05) is 6.54 Å². The van der Waals surface area contributed by atoms with Crippen molar-refractivity contribution >= 4 is 38.3 Å². The zero-order valence-electron chi connectivity index (χ0n) is 12.7. The Bertz CT molecular complexity index is 984. The Morgan fingerprint density at radius 1 is 1.17 bits per heavy atom. The van der Waals surface area contributed by atoms with Gasteiger partial charge in [-0.3, -0.25) is 4.79 Å². The average molecular weight is 337 g/mol. The summed E-state index contributed by atoms with van der Waals surface area (Å²) >= 11 is 1.54. The van der Waals surface area contributed by atoms with Crippen molar-refractivity contribution in [1.29, 1.82) is 0 Å². The summed E-state index contributed by atoms with van der Waals surface area (Å²) in [6.45, 7) is 0.158. The highest BCUT2D eigenvalue weighted by Crippen LogP contribution is 2.29. The van der Waals surface area contributed by atoms with Crippen LogP contribution in [0.3, 0.4) is 0 Å². The molecule has 0 spiro atoms. The molecule has 0 saturated heterocycles. The van der Waals surface area contributed by atoms with Crippen LogP contribution in [0.5, 0.6) is 0 Å². The van der Waals surface area contributed by atoms with E-state index in [0.29, 0.717) is 11.1 Å². The number of benzene rings is 2. The molecular weight excluding hydrogens is 322 g/mol. The van der Waals surface area contributed by atoms with Crippen molar-refractivity contribution < 1.29 is 14.3 Å². The lowest BCUT2D eigenvalue weighted by Gasteiger charge is -2.09. The van der Waals surface area contributed by atoms with E-state index < -0.39 is 6.10 Å². The number of hydrogen-bond acceptors (Lipinski definition) is 4. The number of para-hydroxylation sites is 1. The summed E-state index contributed by atoms with van der Waals surface area (Å²) in [6.07, 6.45) is 0.718. The fraction of sp³-hybridized carbons (Fsp3) is 0.105. The van der Waals surface area contributed by atoms with Crippen LogP contribution in [0.1, 0.15) is 21.3 Å². The van der Waals surface area contributed by atoms with Gasteiger partial charge in [-0.25, -0.2) is 0 Å². The molecule has 2 aromatic carbocycles. The number of fused-ring (bicyclic) bond motifs is 2. The highest BCUT2D eigenvalue weighted by molar-refractivity contribution is 7.19. The van der Waals surface area contributed by atoms with E-state index in [1.165, 1.54) is 17.6 Å². The minimum Gasteiger partial charge on any atom is -0.463 e. The highest BCUT2D eigenvalue weighted by Gasteiger charge is 2.16. The average Bonchev–Trinajstić information content (AvgIpc) is 3.23. The lowest BCUT2D eigenvalue weighted by molar-refractivity contribution is 0.0919. The van der Waals surface area contributed by atoms with E-state index >= 15 is 0 Å². The molecule has 0 aliphatic heterocycles. The van der Waals surface area contributed by atoms with Crippen LogP contribution >= 0.6 is 11.3 Å². The van der Waals surface area contributed by atoms with Gasteiger partial charge in [0.25, 0.3) is 5.91 Å². The monoisotopic (exact) mass is 337 g/mol. The number of rotatable bonds is 4. The van der Waals surface area contributed by atoms with Gasteiger partial charge in [0.2, 0.25) is 0 Å². The van der Waals surface area contributed by atoms with Gasteiger partial charge in [-0.2, -0.15) is 0 Å². The first kappa shape index (κ1) is 14.9. The lowest BCUT2D eigenvalue weighted by atomic mass is 10.1. The van der Waals surface area contributed by atoms with E-state index in [1.54, 1.807) is 0 Å². The number of aliphatic hydroxyl groups excluding tert-OH is 1. The number of carbonyl (C=O) groups is 1. The second kappa shape index (κ2) is 6.11. The van der Waals surface area contributed by atoms with Crippen molar-refractivity contribution in [1.82, 2.24) is 5.32 Å². The Morgan fingerprint density at radius 2 is 1.96 bits per heavy atom. The standard InChI is InChI=1S/C19H15NO3S/c21-15(18-9-12-5-1-4-8-17(12)24-18)10-20-19(22)14-11-23-16-7-3-2-6-13(14)16/h1-9,11,15,21H,10H2,(H,20,22). The summed E-state index contributed by atoms with van der Waals surface area (Å²) in [5.41, 5.74) is 1.15. The Balaban J connectivity index is 1.48. The van der Waals surface area contributed by atoms with E-state index in [-0.39, 0.29) is 12.5 Å². The van der Waals surface area contributed by atoms with Crippen LogP contribution in [0.25, 0.3) is 21.1 Å². The van der Waals surface area contributed by atoms with Crippen LogP contribution < -0.4 is 5.32 Å². The summed E-state index contributed by atoms with van der Waals surface area (Å²) in [7, 11) is 0. The van der Waals surface area contributed by atoms with Crippen LogP contribution in [-0.2, 0) is 0 Å². The van der Waals surface area contributed by atoms with Crippen molar-refractivity contribution in [2.45, 2.75) is 6.10 Å². The molecule has 0 radical (unpaired) electrons. The SMILES string of the molecule is O=C(NCC(O)c1cc2ccccc2s1)c1coc2ccccc12. The smallest absolute Gasteiger partial charge is 0.255 e. The van der Waals surface area contributed by atoms with Gasteiger partial charge >= 0.3 is 0 Å². The third-order valence-electron chi connectivity index (χ3n) is 3.95. The quantitative estimate of drug-likeness (QED) is 0.589. The molecule has 0 aliphatic carbocycles. The van der Waals surface area contributed by atoms with Crippen molar-refractivity contribution in [2.24, 2.45) is 0 Å². The van der Waals surface area contributed by atoms with Gasteiger partial charge in [0.1, 0.15) is 18.0 Å². The maximum absolute atomic E-state index is 12.3. The number of thiophene rings is 1. The first-order valence-corrected chi connectivity index (χ1v) is 8.45. The number of amides is 1. The summed E-state index contributed by atoms with van der Waals surface area (Å²) in [6, 6.07) is 17.3. The van der Waals surface area contributed by atoms with Crippen molar-refractivity contribution in [3.63, 3.8) is 0 Å². The number of hydrogen-bond donors (Lipinski definition) is 2. The minimum absolute atomic E-state index is 0.158. The van der Waals surface area contributed by atoms with Gasteiger partial charge in [-0.15, -0.1) is 11.3 Å². The Kier molecular flexibility index (Phi) is 3.80. The molecule has 0 bridgehead atoms. The van der Waals surface area contributed by atoms with Gasteiger partial charge in [-0.1, -0.05) is 36.4 Å². The molecule has 2 heterocycles. The molecule has 0 fully saturated rings. The normalized spacial score (nSPS) is 12.5. The summed E-state index contributed by atoms with van der Waals surface area (Å²) in [5.74, 6) is -0.250. The van der Waals surface area contributed by atoms with Gasteiger partial charge in [0, 0.05) is 21.5 Å². The van der Waals surface area contributed by atoms with Crippen LogP contribution in [0.4, 0.5) is 0 Å². The molecule has 2 aromatic heterocycles. The number of nitrogens with one attached hydrogen (secondary N) is 1. The predicted molar refractivity (Wildman–Crippen MR) is 95.3 cm³/mol. The molecule has 4 rings (SSSR count). The molecule has 4 aromatic rings. The largest absolute Gasteiger partial charge is 0.463 e. The third kappa shape index (κ3) is 2.68. The van der Waals surface area contributed by atoms with E-state index in [4.69, 9.17) is 4.42 Å². The molecule has 0 aliphatic rings. The molecule has 120 valence electrons. The van der Waals surface area contributed by atoms with E-state index in [9.17, 15) is 9.90 Å². The Hall–Kier alpha value is -2.63. The minimum atomic E-state index is -0.732.